The molecule has 0 atom stereocenters. The van der Waals surface area contributed by atoms with Crippen molar-refractivity contribution in [1.82, 2.24) is 5.32 Å². The van der Waals surface area contributed by atoms with Gasteiger partial charge >= 0.3 is 18.9 Å². The third-order valence-electron chi connectivity index (χ3n) is 4.41. The van der Waals surface area contributed by atoms with Gasteiger partial charge in [-0.2, -0.15) is 0 Å². The van der Waals surface area contributed by atoms with E-state index in [4.69, 9.17) is 0 Å². The van der Waals surface area contributed by atoms with Crippen molar-refractivity contribution in [2.24, 2.45) is 0 Å². The summed E-state index contributed by atoms with van der Waals surface area (Å²) in [4.78, 5) is 0. The zero-order chi connectivity index (χ0) is 15.4. The standard InChI is InChI=1S/C20H43N.Li.H/c1-3-5-7-9-11-13-15-17-19-21-20-18-16-14-12-10-8-6-4-2;;/h21H,3-20H2,1-2H3;;. The predicted octanol–water partition coefficient (Wildman–Crippen LogP) is 6.21. The van der Waals surface area contributed by atoms with E-state index in [1.807, 2.05) is 0 Å². The van der Waals surface area contributed by atoms with Crippen LogP contribution >= 0.6 is 0 Å². The Labute approximate surface area is 154 Å². The van der Waals surface area contributed by atoms with Crippen LogP contribution in [0.25, 0.3) is 0 Å². The minimum absolute atomic E-state index is 0. The van der Waals surface area contributed by atoms with Gasteiger partial charge in [-0.1, -0.05) is 104 Å². The van der Waals surface area contributed by atoms with Crippen LogP contribution in [0.2, 0.25) is 0 Å². The molecule has 0 aliphatic carbocycles. The van der Waals surface area contributed by atoms with Crippen molar-refractivity contribution in [3.63, 3.8) is 0 Å². The molecule has 0 amide bonds. The summed E-state index contributed by atoms with van der Waals surface area (Å²) in [6.45, 7) is 7.06. The van der Waals surface area contributed by atoms with Crippen molar-refractivity contribution in [1.29, 1.82) is 0 Å². The monoisotopic (exact) mass is 305 g/mol. The van der Waals surface area contributed by atoms with Crippen LogP contribution in [0.4, 0.5) is 0 Å². The molecule has 0 aliphatic rings. The van der Waals surface area contributed by atoms with E-state index in [2.05, 4.69) is 19.2 Å². The summed E-state index contributed by atoms with van der Waals surface area (Å²) in [7, 11) is 0. The second-order valence-corrected chi connectivity index (χ2v) is 6.70. The molecule has 0 bridgehead atoms. The molecule has 1 nitrogen and oxygen atoms in total. The molecule has 130 valence electrons. The summed E-state index contributed by atoms with van der Waals surface area (Å²) in [6.07, 6.45) is 22.8. The van der Waals surface area contributed by atoms with Crippen molar-refractivity contribution >= 4 is 18.9 Å². The average molecular weight is 306 g/mol. The van der Waals surface area contributed by atoms with Crippen LogP contribution in [0, 0.1) is 0 Å². The molecule has 0 aromatic rings. The zero-order valence-electron chi connectivity index (χ0n) is 15.2. The van der Waals surface area contributed by atoms with E-state index in [0.717, 1.165) is 0 Å². The predicted molar refractivity (Wildman–Crippen MR) is 105 cm³/mol. The molecule has 22 heavy (non-hydrogen) atoms. The third-order valence-corrected chi connectivity index (χ3v) is 4.41. The molecule has 0 saturated heterocycles. The van der Waals surface area contributed by atoms with Gasteiger partial charge in [0.25, 0.3) is 0 Å². The van der Waals surface area contributed by atoms with Crippen molar-refractivity contribution in [2.45, 2.75) is 117 Å². The topological polar surface area (TPSA) is 12.0 Å². The molecule has 0 unspecified atom stereocenters. The van der Waals surface area contributed by atoms with Crippen molar-refractivity contribution < 1.29 is 0 Å². The SMILES string of the molecule is CCCCCCCCCCNCCCCCCCCCC.[LiH]. The molecule has 0 heterocycles. The first kappa shape index (κ1) is 24.8. The van der Waals surface area contributed by atoms with Gasteiger partial charge in [0, 0.05) is 0 Å². The first-order valence-corrected chi connectivity index (χ1v) is 10.1. The Morgan fingerprint density at radius 3 is 1.00 bits per heavy atom. The Bertz CT molecular complexity index is 155. The van der Waals surface area contributed by atoms with Gasteiger partial charge in [-0.15, -0.1) is 0 Å². The van der Waals surface area contributed by atoms with Crippen LogP contribution in [0.15, 0.2) is 0 Å². The first-order chi connectivity index (χ1) is 10.4. The Hall–Kier alpha value is 0.557. The molecule has 0 fully saturated rings. The molecule has 0 aromatic carbocycles. The van der Waals surface area contributed by atoms with Gasteiger partial charge in [0.05, 0.1) is 0 Å². The van der Waals surface area contributed by atoms with Crippen LogP contribution in [-0.2, 0) is 0 Å². The fraction of sp³-hybridized carbons (Fsp3) is 1.00. The van der Waals surface area contributed by atoms with E-state index >= 15 is 0 Å². The maximum atomic E-state index is 3.61. The van der Waals surface area contributed by atoms with Gasteiger partial charge in [0.2, 0.25) is 0 Å². The fourth-order valence-electron chi connectivity index (χ4n) is 2.89. The van der Waals surface area contributed by atoms with Crippen LogP contribution in [0.3, 0.4) is 0 Å². The summed E-state index contributed by atoms with van der Waals surface area (Å²) in [5, 5.41) is 3.61. The summed E-state index contributed by atoms with van der Waals surface area (Å²) in [6, 6.07) is 0. The van der Waals surface area contributed by atoms with Crippen LogP contribution in [0.5, 0.6) is 0 Å². The molecular weight excluding hydrogens is 261 g/mol. The quantitative estimate of drug-likeness (QED) is 0.234. The van der Waals surface area contributed by atoms with Gasteiger partial charge in [-0.25, -0.2) is 0 Å². The number of unbranched alkanes of at least 4 members (excludes halogenated alkanes) is 14. The van der Waals surface area contributed by atoms with E-state index in [0.29, 0.717) is 0 Å². The van der Waals surface area contributed by atoms with Gasteiger partial charge < -0.3 is 5.32 Å². The van der Waals surface area contributed by atoms with E-state index in [1.54, 1.807) is 0 Å². The number of hydrogen-bond donors (Lipinski definition) is 1. The van der Waals surface area contributed by atoms with Crippen LogP contribution < -0.4 is 5.32 Å². The molecule has 0 aromatic heterocycles. The van der Waals surface area contributed by atoms with Crippen LogP contribution in [-0.4, -0.2) is 32.0 Å². The Balaban J connectivity index is 0. The molecular formula is C20H44LiN. The van der Waals surface area contributed by atoms with E-state index in [1.165, 1.54) is 116 Å². The molecule has 2 heteroatoms. The zero-order valence-corrected chi connectivity index (χ0v) is 15.2. The van der Waals surface area contributed by atoms with Crippen molar-refractivity contribution in [2.75, 3.05) is 13.1 Å². The summed E-state index contributed by atoms with van der Waals surface area (Å²) >= 11 is 0. The average Bonchev–Trinajstić information content (AvgIpc) is 2.50. The van der Waals surface area contributed by atoms with Crippen LogP contribution in [0.1, 0.15) is 117 Å². The van der Waals surface area contributed by atoms with Crippen molar-refractivity contribution in [3.8, 4) is 0 Å². The number of hydrogen-bond acceptors (Lipinski definition) is 1. The molecule has 0 radical (unpaired) electrons. The second kappa shape index (κ2) is 23.8. The maximum absolute atomic E-state index is 3.61. The Morgan fingerprint density at radius 2 is 0.682 bits per heavy atom. The fourth-order valence-corrected chi connectivity index (χ4v) is 2.89. The molecule has 0 saturated carbocycles. The van der Waals surface area contributed by atoms with E-state index in [-0.39, 0.29) is 18.9 Å². The minimum atomic E-state index is 0. The Kier molecular flexibility index (Phi) is 26.9. The molecule has 1 N–H and O–H groups in total. The molecule has 0 spiro atoms. The van der Waals surface area contributed by atoms with Crippen molar-refractivity contribution in [3.05, 3.63) is 0 Å². The molecule has 0 rings (SSSR count). The first-order valence-electron chi connectivity index (χ1n) is 10.1. The van der Waals surface area contributed by atoms with Gasteiger partial charge in [0.1, 0.15) is 0 Å². The summed E-state index contributed by atoms with van der Waals surface area (Å²) in [5.74, 6) is 0. The third kappa shape index (κ3) is 22.8. The van der Waals surface area contributed by atoms with E-state index in [9.17, 15) is 0 Å². The van der Waals surface area contributed by atoms with E-state index < -0.39 is 0 Å². The van der Waals surface area contributed by atoms with Gasteiger partial charge in [-0.05, 0) is 25.9 Å². The number of nitrogens with one attached hydrogen (secondary N) is 1. The second-order valence-electron chi connectivity index (χ2n) is 6.70. The summed E-state index contributed by atoms with van der Waals surface area (Å²) in [5.41, 5.74) is 0. The van der Waals surface area contributed by atoms with Gasteiger partial charge in [0.15, 0.2) is 0 Å². The summed E-state index contributed by atoms with van der Waals surface area (Å²) < 4.78 is 0. The normalized spacial score (nSPS) is 10.6. The number of rotatable bonds is 18. The Morgan fingerprint density at radius 1 is 0.409 bits per heavy atom. The molecule has 0 aliphatic heterocycles. The van der Waals surface area contributed by atoms with Gasteiger partial charge in [-0.3, -0.25) is 0 Å².